The molecule has 0 spiro atoms. The van der Waals surface area contributed by atoms with Crippen molar-refractivity contribution in [1.82, 2.24) is 0 Å². The lowest BCUT2D eigenvalue weighted by Gasteiger charge is -2.14. The van der Waals surface area contributed by atoms with E-state index in [1.807, 2.05) is 20.8 Å². The Bertz CT molecular complexity index is 518. The Morgan fingerprint density at radius 3 is 2.50 bits per heavy atom. The number of rotatable bonds is 3. The number of hydrogen-bond donors (Lipinski definition) is 0. The van der Waals surface area contributed by atoms with Crippen molar-refractivity contribution in [3.63, 3.8) is 0 Å². The molecule has 0 bridgehead atoms. The first kappa shape index (κ1) is 14.5. The molecule has 0 radical (unpaired) electrons. The molecule has 1 rings (SSSR count). The van der Waals surface area contributed by atoms with Crippen molar-refractivity contribution < 1.29 is 9.13 Å². The van der Waals surface area contributed by atoms with E-state index in [4.69, 9.17) is 0 Å². The van der Waals surface area contributed by atoms with E-state index in [1.54, 1.807) is 19.1 Å². The molecule has 1 aromatic rings. The summed E-state index contributed by atoms with van der Waals surface area (Å²) in [6.07, 6.45) is 0. The van der Waals surface area contributed by atoms with Crippen LogP contribution in [0.3, 0.4) is 0 Å². The lowest BCUT2D eigenvalue weighted by atomic mass is 10.1. The summed E-state index contributed by atoms with van der Waals surface area (Å²) >= 11 is 0. The fraction of sp³-hybridized carbons (Fsp3) is 0.417. The van der Waals surface area contributed by atoms with Crippen LogP contribution in [0.25, 0.3) is 0 Å². The molecule has 0 aliphatic carbocycles. The molecule has 18 heavy (non-hydrogen) atoms. The first-order valence-corrected chi connectivity index (χ1v) is 6.54. The fourth-order valence-electron chi connectivity index (χ4n) is 1.16. The zero-order valence-corrected chi connectivity index (χ0v) is 11.7. The van der Waals surface area contributed by atoms with E-state index in [2.05, 4.69) is 4.40 Å². The maximum Gasteiger partial charge on any atom is 0.270 e. The van der Waals surface area contributed by atoms with E-state index in [9.17, 15) is 14.3 Å². The van der Waals surface area contributed by atoms with Crippen LogP contribution in [-0.4, -0.2) is 19.6 Å². The number of non-ortho nitro benzene ring substituents is 1. The normalized spacial score (nSPS) is 14.3. The van der Waals surface area contributed by atoms with E-state index in [0.29, 0.717) is 11.3 Å². The van der Waals surface area contributed by atoms with Gasteiger partial charge in [0.1, 0.15) is 11.0 Å². The standard InChI is InChI=1S/C12H16N2O3S/c1-9(13-18(17)12(2,3)4)10-6-5-7-11(8-10)14(15)16/h5-8H,1-4H3/t18-/m1/s1. The SMILES string of the molecule is CC(=N[S@](=O)C(C)(C)C)c1cccc([N+](=O)[O-])c1. The highest BCUT2D eigenvalue weighted by atomic mass is 32.2. The van der Waals surface area contributed by atoms with Gasteiger partial charge in [-0.2, -0.15) is 4.40 Å². The van der Waals surface area contributed by atoms with Gasteiger partial charge in [-0.1, -0.05) is 12.1 Å². The molecule has 0 fully saturated rings. The summed E-state index contributed by atoms with van der Waals surface area (Å²) in [6.45, 7) is 7.18. The topological polar surface area (TPSA) is 72.6 Å². The number of nitro benzene ring substituents is 1. The highest BCUT2D eigenvalue weighted by Gasteiger charge is 2.19. The largest absolute Gasteiger partial charge is 0.270 e. The fourth-order valence-corrected chi connectivity index (χ4v) is 1.79. The van der Waals surface area contributed by atoms with Crippen LogP contribution in [0.15, 0.2) is 28.7 Å². The Labute approximate surface area is 109 Å². The first-order chi connectivity index (χ1) is 8.21. The van der Waals surface area contributed by atoms with E-state index in [1.165, 1.54) is 12.1 Å². The molecule has 6 heteroatoms. The lowest BCUT2D eigenvalue weighted by Crippen LogP contribution is -2.20. The van der Waals surface area contributed by atoms with Crippen LogP contribution in [0, 0.1) is 10.1 Å². The zero-order chi connectivity index (χ0) is 13.9. The average Bonchev–Trinajstić information content (AvgIpc) is 2.27. The number of nitrogens with zero attached hydrogens (tertiary/aromatic N) is 2. The van der Waals surface area contributed by atoms with E-state index in [-0.39, 0.29) is 5.69 Å². The molecule has 1 atom stereocenters. The molecule has 98 valence electrons. The molecular formula is C12H16N2O3S. The Kier molecular flexibility index (Phi) is 4.34. The molecule has 5 nitrogen and oxygen atoms in total. The molecule has 0 unspecified atom stereocenters. The van der Waals surface area contributed by atoms with Crippen molar-refractivity contribution in [2.75, 3.05) is 0 Å². The van der Waals surface area contributed by atoms with Gasteiger partial charge in [0.05, 0.1) is 15.4 Å². The van der Waals surface area contributed by atoms with Crippen molar-refractivity contribution in [2.24, 2.45) is 4.40 Å². The van der Waals surface area contributed by atoms with E-state index >= 15 is 0 Å². The smallest absolute Gasteiger partial charge is 0.258 e. The summed E-state index contributed by atoms with van der Waals surface area (Å²) < 4.78 is 15.5. The maximum atomic E-state index is 11.9. The molecule has 0 saturated heterocycles. The minimum absolute atomic E-state index is 0.00332. The maximum absolute atomic E-state index is 11.9. The van der Waals surface area contributed by atoms with Crippen molar-refractivity contribution in [1.29, 1.82) is 0 Å². The quantitative estimate of drug-likeness (QED) is 0.480. The molecule has 0 amide bonds. The molecule has 0 aliphatic rings. The van der Waals surface area contributed by atoms with Crippen molar-refractivity contribution in [2.45, 2.75) is 32.4 Å². The molecule has 0 aromatic heterocycles. The number of benzene rings is 1. The van der Waals surface area contributed by atoms with Gasteiger partial charge in [-0.05, 0) is 27.7 Å². The zero-order valence-electron chi connectivity index (χ0n) is 10.8. The summed E-state index contributed by atoms with van der Waals surface area (Å²) in [5, 5.41) is 10.7. The minimum atomic E-state index is -1.37. The van der Waals surface area contributed by atoms with E-state index < -0.39 is 20.7 Å². The third-order valence-corrected chi connectivity index (χ3v) is 3.71. The summed E-state index contributed by atoms with van der Waals surface area (Å²) in [6, 6.07) is 6.15. The highest BCUT2D eigenvalue weighted by Crippen LogP contribution is 2.17. The molecule has 0 N–H and O–H groups in total. The van der Waals surface area contributed by atoms with Crippen LogP contribution >= 0.6 is 0 Å². The van der Waals surface area contributed by atoms with Crippen LogP contribution in [-0.2, 0) is 11.0 Å². The second kappa shape index (κ2) is 5.39. The lowest BCUT2D eigenvalue weighted by molar-refractivity contribution is -0.384. The number of nitro groups is 1. The monoisotopic (exact) mass is 268 g/mol. The minimum Gasteiger partial charge on any atom is -0.258 e. The summed E-state index contributed by atoms with van der Waals surface area (Å²) in [5.41, 5.74) is 1.15. The van der Waals surface area contributed by atoms with E-state index in [0.717, 1.165) is 0 Å². The molecule has 0 heterocycles. The van der Waals surface area contributed by atoms with Gasteiger partial charge < -0.3 is 0 Å². The second-order valence-corrected chi connectivity index (χ2v) is 6.75. The summed E-state index contributed by atoms with van der Waals surface area (Å²) in [7, 11) is -1.37. The Morgan fingerprint density at radius 1 is 1.39 bits per heavy atom. The van der Waals surface area contributed by atoms with Crippen molar-refractivity contribution >= 4 is 22.4 Å². The van der Waals surface area contributed by atoms with Gasteiger partial charge in [0, 0.05) is 17.7 Å². The Balaban J connectivity index is 3.08. The van der Waals surface area contributed by atoms with Crippen LogP contribution in [0.4, 0.5) is 5.69 Å². The Morgan fingerprint density at radius 2 is 2.00 bits per heavy atom. The van der Waals surface area contributed by atoms with Crippen LogP contribution in [0.5, 0.6) is 0 Å². The predicted octanol–water partition coefficient (Wildman–Crippen LogP) is 2.87. The average molecular weight is 268 g/mol. The van der Waals surface area contributed by atoms with Gasteiger partial charge in [0.25, 0.3) is 5.69 Å². The predicted molar refractivity (Wildman–Crippen MR) is 73.2 cm³/mol. The van der Waals surface area contributed by atoms with Crippen molar-refractivity contribution in [3.8, 4) is 0 Å². The summed E-state index contributed by atoms with van der Waals surface area (Å²) in [4.78, 5) is 10.2. The molecule has 0 saturated carbocycles. The molecular weight excluding hydrogens is 252 g/mol. The number of hydrogen-bond acceptors (Lipinski definition) is 3. The van der Waals surface area contributed by atoms with Crippen molar-refractivity contribution in [3.05, 3.63) is 39.9 Å². The van der Waals surface area contributed by atoms with Gasteiger partial charge in [-0.15, -0.1) is 0 Å². The van der Waals surface area contributed by atoms with Gasteiger partial charge >= 0.3 is 0 Å². The third kappa shape index (κ3) is 3.73. The molecule has 0 aliphatic heterocycles. The van der Waals surface area contributed by atoms with Gasteiger partial charge in [0.2, 0.25) is 0 Å². The summed E-state index contributed by atoms with van der Waals surface area (Å²) in [5.74, 6) is 0. The Hall–Kier alpha value is -1.56. The molecule has 1 aromatic carbocycles. The van der Waals surface area contributed by atoms with Gasteiger partial charge in [-0.3, -0.25) is 10.1 Å². The highest BCUT2D eigenvalue weighted by molar-refractivity contribution is 7.85. The van der Waals surface area contributed by atoms with Crippen LogP contribution in [0.1, 0.15) is 33.3 Å². The van der Waals surface area contributed by atoms with Gasteiger partial charge in [0.15, 0.2) is 0 Å². The van der Waals surface area contributed by atoms with Gasteiger partial charge in [-0.25, -0.2) is 4.21 Å². The van der Waals surface area contributed by atoms with Crippen LogP contribution in [0.2, 0.25) is 0 Å². The second-order valence-electron chi connectivity index (χ2n) is 4.85. The third-order valence-electron chi connectivity index (χ3n) is 2.22. The van der Waals surface area contributed by atoms with Crippen LogP contribution < -0.4 is 0 Å². The first-order valence-electron chi connectivity index (χ1n) is 5.44.